The molecule has 0 bridgehead atoms. The standard InChI is InChI=1S/C62H107NO13/c1-3-5-7-9-11-13-14-15-16-17-18-19-20-21-22-23-24-25-26-27-28-29-30-31-32-33-34-35-36-38-40-42-44-46-54(67)63-50(51(66)45-43-41-39-37-12-10-8-6-4-2)49-73-61-59(72)57(70)60(53(48-65)75-61)76-62-58(71)56(69)55(68)52(47-64)74-62/h5,7,11,13,15-16,18-19,21-22,24-25,43,45,50-53,55-62,64-66,68-72H,3-4,6,8-10,12,14,17,20,23,26-42,44,46-49H2,1-2H3,(H,63,67)/b7-5-,13-11-,16-15-,19-18-,22-21-,25-24-,45-43+. The molecule has 0 aromatic heterocycles. The topological polar surface area (TPSA) is 228 Å². The van der Waals surface area contributed by atoms with Gasteiger partial charge in [-0.3, -0.25) is 4.79 Å². The van der Waals surface area contributed by atoms with Gasteiger partial charge < -0.3 is 65.1 Å². The first-order valence-corrected chi connectivity index (χ1v) is 29.8. The Labute approximate surface area is 459 Å². The second-order valence-corrected chi connectivity index (χ2v) is 20.7. The van der Waals surface area contributed by atoms with E-state index >= 15 is 0 Å². The minimum atomic E-state index is -1.79. The third kappa shape index (κ3) is 32.3. The van der Waals surface area contributed by atoms with Gasteiger partial charge in [0.25, 0.3) is 0 Å². The maximum Gasteiger partial charge on any atom is 0.220 e. The monoisotopic (exact) mass is 1070 g/mol. The van der Waals surface area contributed by atoms with Crippen LogP contribution in [0.15, 0.2) is 85.1 Å². The molecule has 12 unspecified atom stereocenters. The van der Waals surface area contributed by atoms with Gasteiger partial charge in [0.2, 0.25) is 5.91 Å². The first-order valence-electron chi connectivity index (χ1n) is 29.8. The second kappa shape index (κ2) is 47.0. The molecule has 2 saturated heterocycles. The lowest BCUT2D eigenvalue weighted by Gasteiger charge is -2.46. The zero-order chi connectivity index (χ0) is 55.3. The van der Waals surface area contributed by atoms with Crippen molar-refractivity contribution in [2.24, 2.45) is 0 Å². The van der Waals surface area contributed by atoms with E-state index < -0.39 is 86.8 Å². The predicted molar refractivity (Wildman–Crippen MR) is 304 cm³/mol. The van der Waals surface area contributed by atoms with Crippen LogP contribution in [0.25, 0.3) is 0 Å². The molecule has 0 aromatic carbocycles. The van der Waals surface area contributed by atoms with Crippen LogP contribution in [0.1, 0.15) is 206 Å². The molecule has 0 saturated carbocycles. The largest absolute Gasteiger partial charge is 0.394 e. The van der Waals surface area contributed by atoms with Crippen LogP contribution in [0.3, 0.4) is 0 Å². The molecule has 0 spiro atoms. The van der Waals surface area contributed by atoms with Crippen molar-refractivity contribution in [1.82, 2.24) is 5.32 Å². The van der Waals surface area contributed by atoms with E-state index in [9.17, 15) is 45.6 Å². The fraction of sp³-hybridized carbons (Fsp3) is 0.758. The minimum absolute atomic E-state index is 0.246. The lowest BCUT2D eigenvalue weighted by atomic mass is 9.97. The van der Waals surface area contributed by atoms with Gasteiger partial charge in [-0.25, -0.2) is 0 Å². The molecular formula is C62H107NO13. The fourth-order valence-corrected chi connectivity index (χ4v) is 9.29. The summed E-state index contributed by atoms with van der Waals surface area (Å²) in [7, 11) is 0. The van der Waals surface area contributed by atoms with Gasteiger partial charge in [0, 0.05) is 6.42 Å². The molecular weight excluding hydrogens is 967 g/mol. The summed E-state index contributed by atoms with van der Waals surface area (Å²) < 4.78 is 22.7. The average Bonchev–Trinajstić information content (AvgIpc) is 3.42. The molecule has 0 radical (unpaired) electrons. The van der Waals surface area contributed by atoms with E-state index in [0.29, 0.717) is 6.42 Å². The van der Waals surface area contributed by atoms with Crippen molar-refractivity contribution in [2.45, 2.75) is 280 Å². The highest BCUT2D eigenvalue weighted by molar-refractivity contribution is 5.76. The Hall–Kier alpha value is -2.83. The smallest absolute Gasteiger partial charge is 0.220 e. The van der Waals surface area contributed by atoms with Crippen LogP contribution in [-0.4, -0.2) is 140 Å². The highest BCUT2D eigenvalue weighted by Crippen LogP contribution is 2.30. The number of ether oxygens (including phenoxy) is 4. The summed E-state index contributed by atoms with van der Waals surface area (Å²) in [5.41, 5.74) is 0. The molecule has 9 N–H and O–H groups in total. The van der Waals surface area contributed by atoms with Crippen LogP contribution in [0.5, 0.6) is 0 Å². The van der Waals surface area contributed by atoms with Crippen molar-refractivity contribution in [3.05, 3.63) is 85.1 Å². The van der Waals surface area contributed by atoms with E-state index in [1.165, 1.54) is 96.3 Å². The molecule has 14 heteroatoms. The Morgan fingerprint density at radius 3 is 1.39 bits per heavy atom. The molecule has 2 aliphatic heterocycles. The lowest BCUT2D eigenvalue weighted by Crippen LogP contribution is -2.65. The zero-order valence-corrected chi connectivity index (χ0v) is 47.0. The van der Waals surface area contributed by atoms with Crippen LogP contribution in [0, 0.1) is 0 Å². The van der Waals surface area contributed by atoms with Crippen molar-refractivity contribution < 1.29 is 64.6 Å². The van der Waals surface area contributed by atoms with Gasteiger partial charge in [0.15, 0.2) is 12.6 Å². The van der Waals surface area contributed by atoms with E-state index in [-0.39, 0.29) is 18.9 Å². The summed E-state index contributed by atoms with van der Waals surface area (Å²) in [6.07, 6.45) is 46.5. The third-order valence-electron chi connectivity index (χ3n) is 14.1. The number of rotatable bonds is 46. The van der Waals surface area contributed by atoms with Crippen LogP contribution >= 0.6 is 0 Å². The normalized spacial score (nSPS) is 25.5. The number of nitrogens with one attached hydrogen (secondary N) is 1. The van der Waals surface area contributed by atoms with Crippen molar-refractivity contribution in [1.29, 1.82) is 0 Å². The summed E-state index contributed by atoms with van der Waals surface area (Å²) in [5, 5.41) is 86.8. The molecule has 2 rings (SSSR count). The van der Waals surface area contributed by atoms with Gasteiger partial charge in [-0.05, 0) is 70.6 Å². The number of aliphatic hydroxyl groups excluding tert-OH is 8. The first kappa shape index (κ1) is 69.3. The number of hydrogen-bond acceptors (Lipinski definition) is 13. The lowest BCUT2D eigenvalue weighted by molar-refractivity contribution is -0.359. The van der Waals surface area contributed by atoms with E-state index in [0.717, 1.165) is 83.5 Å². The number of amides is 1. The maximum absolute atomic E-state index is 13.2. The van der Waals surface area contributed by atoms with Gasteiger partial charge >= 0.3 is 0 Å². The van der Waals surface area contributed by atoms with Gasteiger partial charge in [0.05, 0.1) is 32.0 Å². The van der Waals surface area contributed by atoms with Crippen LogP contribution in [0.4, 0.5) is 0 Å². The van der Waals surface area contributed by atoms with Crippen molar-refractivity contribution >= 4 is 5.91 Å². The molecule has 1 amide bonds. The quantitative estimate of drug-likeness (QED) is 0.0205. The molecule has 2 fully saturated rings. The molecule has 76 heavy (non-hydrogen) atoms. The minimum Gasteiger partial charge on any atom is -0.394 e. The third-order valence-corrected chi connectivity index (χ3v) is 14.1. The van der Waals surface area contributed by atoms with E-state index in [4.69, 9.17) is 18.9 Å². The summed E-state index contributed by atoms with van der Waals surface area (Å²) in [6, 6.07) is -0.916. The average molecular weight is 1070 g/mol. The highest BCUT2D eigenvalue weighted by Gasteiger charge is 2.51. The molecule has 2 aliphatic rings. The Morgan fingerprint density at radius 2 is 0.908 bits per heavy atom. The fourth-order valence-electron chi connectivity index (χ4n) is 9.29. The maximum atomic E-state index is 13.2. The van der Waals surface area contributed by atoms with E-state index in [2.05, 4.69) is 92.1 Å². The van der Waals surface area contributed by atoms with Crippen molar-refractivity contribution in [2.75, 3.05) is 19.8 Å². The van der Waals surface area contributed by atoms with Crippen LogP contribution < -0.4 is 5.32 Å². The van der Waals surface area contributed by atoms with Crippen molar-refractivity contribution in [3.63, 3.8) is 0 Å². The van der Waals surface area contributed by atoms with Gasteiger partial charge in [-0.1, -0.05) is 214 Å². The number of hydrogen-bond donors (Lipinski definition) is 9. The molecule has 14 nitrogen and oxygen atoms in total. The zero-order valence-electron chi connectivity index (χ0n) is 47.0. The van der Waals surface area contributed by atoms with Crippen LogP contribution in [0.2, 0.25) is 0 Å². The second-order valence-electron chi connectivity index (χ2n) is 20.7. The van der Waals surface area contributed by atoms with Gasteiger partial charge in [0.1, 0.15) is 48.8 Å². The summed E-state index contributed by atoms with van der Waals surface area (Å²) in [6.45, 7) is 2.63. The Bertz CT molecular complexity index is 1600. The molecule has 2 heterocycles. The van der Waals surface area contributed by atoms with Gasteiger partial charge in [-0.15, -0.1) is 0 Å². The summed E-state index contributed by atoms with van der Waals surface area (Å²) in [5.74, 6) is -0.246. The van der Waals surface area contributed by atoms with E-state index in [1.807, 2.05) is 6.08 Å². The Kier molecular flexibility index (Phi) is 42.9. The van der Waals surface area contributed by atoms with E-state index in [1.54, 1.807) is 6.08 Å². The number of aliphatic hydroxyl groups is 8. The van der Waals surface area contributed by atoms with Gasteiger partial charge in [-0.2, -0.15) is 0 Å². The predicted octanol–water partition coefficient (Wildman–Crippen LogP) is 10.1. The number of carbonyl (C=O) groups excluding carboxylic acids is 1. The SMILES string of the molecule is CC/C=C\C/C=C\C/C=C\C/C=C\C/C=C\C/C=C\CCCCCCCCCCCCCCCCC(=O)NC(COC1OC(CO)C(OC2OC(CO)C(O)C(O)C2O)C(O)C1O)C(O)/C=C/CCCCCCCCC. The number of unbranched alkanes of at least 4 members (excludes halogenated alkanes) is 21. The molecule has 438 valence electrons. The molecule has 0 aliphatic carbocycles. The summed E-state index contributed by atoms with van der Waals surface area (Å²) >= 11 is 0. The number of allylic oxidation sites excluding steroid dienone is 13. The van der Waals surface area contributed by atoms with Crippen molar-refractivity contribution in [3.8, 4) is 0 Å². The summed E-state index contributed by atoms with van der Waals surface area (Å²) in [4.78, 5) is 13.2. The number of carbonyl (C=O) groups is 1. The Balaban J connectivity index is 1.62. The highest BCUT2D eigenvalue weighted by atomic mass is 16.7. The Morgan fingerprint density at radius 1 is 0.487 bits per heavy atom. The molecule has 12 atom stereocenters. The van der Waals surface area contributed by atoms with Crippen LogP contribution in [-0.2, 0) is 23.7 Å². The molecule has 0 aromatic rings. The first-order chi connectivity index (χ1) is 37.1.